The van der Waals surface area contributed by atoms with Crippen LogP contribution in [0.2, 0.25) is 0 Å². The Morgan fingerprint density at radius 2 is 1.75 bits per heavy atom. The minimum Gasteiger partial charge on any atom is -0.341 e. The molecule has 0 unspecified atom stereocenters. The number of carbonyl (C=O) groups excluding carboxylic acids is 2. The summed E-state index contributed by atoms with van der Waals surface area (Å²) in [6.45, 7) is 10.2. The fourth-order valence-corrected chi connectivity index (χ4v) is 3.11. The third-order valence-corrected chi connectivity index (χ3v) is 4.85. The molecular weight excluding hydrogens is 352 g/mol. The summed E-state index contributed by atoms with van der Waals surface area (Å²) in [6.07, 6.45) is 1.73. The zero-order valence-corrected chi connectivity index (χ0v) is 16.9. The molecule has 6 heteroatoms. The van der Waals surface area contributed by atoms with Gasteiger partial charge in [0.15, 0.2) is 0 Å². The van der Waals surface area contributed by atoms with Crippen LogP contribution in [0.4, 0.5) is 5.69 Å². The third kappa shape index (κ3) is 4.22. The molecule has 2 amide bonds. The SMILES string of the molecule is Cc1cc(NC(=O)C(=O)N[C@@H](C)c2ccc(C(C)(C)C)cc2)cc2[nH]ncc12. The molecule has 1 atom stereocenters. The molecule has 0 aliphatic rings. The van der Waals surface area contributed by atoms with Gasteiger partial charge < -0.3 is 10.6 Å². The number of H-pyrrole nitrogens is 1. The summed E-state index contributed by atoms with van der Waals surface area (Å²) in [5, 5.41) is 13.2. The van der Waals surface area contributed by atoms with E-state index >= 15 is 0 Å². The van der Waals surface area contributed by atoms with E-state index in [1.807, 2.05) is 32.0 Å². The van der Waals surface area contributed by atoms with Gasteiger partial charge in [0, 0.05) is 11.1 Å². The fraction of sp³-hybridized carbons (Fsp3) is 0.318. The number of anilines is 1. The van der Waals surface area contributed by atoms with Crippen LogP contribution < -0.4 is 10.6 Å². The lowest BCUT2D eigenvalue weighted by Crippen LogP contribution is -2.36. The van der Waals surface area contributed by atoms with Gasteiger partial charge >= 0.3 is 11.8 Å². The highest BCUT2D eigenvalue weighted by atomic mass is 16.2. The molecule has 0 aliphatic heterocycles. The van der Waals surface area contributed by atoms with E-state index in [1.165, 1.54) is 5.56 Å². The van der Waals surface area contributed by atoms with E-state index in [1.54, 1.807) is 12.3 Å². The molecule has 2 aromatic carbocycles. The Bertz CT molecular complexity index is 1010. The highest BCUT2D eigenvalue weighted by molar-refractivity contribution is 6.39. The second-order valence-corrected chi connectivity index (χ2v) is 8.15. The molecule has 146 valence electrons. The topological polar surface area (TPSA) is 86.9 Å². The van der Waals surface area contributed by atoms with Crippen LogP contribution >= 0.6 is 0 Å². The first kappa shape index (κ1) is 19.6. The maximum absolute atomic E-state index is 12.3. The number of hydrogen-bond acceptors (Lipinski definition) is 3. The Morgan fingerprint density at radius 1 is 1.07 bits per heavy atom. The predicted octanol–water partition coefficient (Wildman–Crippen LogP) is 3.98. The van der Waals surface area contributed by atoms with Gasteiger partial charge in [-0.1, -0.05) is 45.0 Å². The van der Waals surface area contributed by atoms with Crippen molar-refractivity contribution in [2.24, 2.45) is 0 Å². The summed E-state index contributed by atoms with van der Waals surface area (Å²) in [5.41, 5.74) is 4.56. The number of amides is 2. The van der Waals surface area contributed by atoms with E-state index in [4.69, 9.17) is 0 Å². The van der Waals surface area contributed by atoms with Crippen molar-refractivity contribution in [3.63, 3.8) is 0 Å². The number of hydrogen-bond donors (Lipinski definition) is 3. The largest absolute Gasteiger partial charge is 0.341 e. The molecule has 0 fully saturated rings. The van der Waals surface area contributed by atoms with Gasteiger partial charge in [0.2, 0.25) is 0 Å². The monoisotopic (exact) mass is 378 g/mol. The number of aryl methyl sites for hydroxylation is 1. The first-order chi connectivity index (χ1) is 13.1. The van der Waals surface area contributed by atoms with Gasteiger partial charge in [0.05, 0.1) is 17.8 Å². The number of nitrogens with one attached hydrogen (secondary N) is 3. The van der Waals surface area contributed by atoms with Crippen LogP contribution in [0, 0.1) is 6.92 Å². The van der Waals surface area contributed by atoms with Gasteiger partial charge in [0.25, 0.3) is 0 Å². The minimum absolute atomic E-state index is 0.0682. The van der Waals surface area contributed by atoms with Crippen molar-refractivity contribution in [2.45, 2.75) is 46.1 Å². The first-order valence-electron chi connectivity index (χ1n) is 9.31. The fourth-order valence-electron chi connectivity index (χ4n) is 3.11. The van der Waals surface area contributed by atoms with Gasteiger partial charge in [-0.15, -0.1) is 0 Å². The maximum Gasteiger partial charge on any atom is 0.313 e. The zero-order valence-electron chi connectivity index (χ0n) is 16.9. The summed E-state index contributed by atoms with van der Waals surface area (Å²) < 4.78 is 0. The summed E-state index contributed by atoms with van der Waals surface area (Å²) in [6, 6.07) is 11.4. The second kappa shape index (κ2) is 7.46. The van der Waals surface area contributed by atoms with E-state index in [0.29, 0.717) is 5.69 Å². The van der Waals surface area contributed by atoms with Crippen LogP contribution in [0.3, 0.4) is 0 Å². The Hall–Kier alpha value is -3.15. The minimum atomic E-state index is -0.698. The van der Waals surface area contributed by atoms with Gasteiger partial charge in [-0.3, -0.25) is 14.7 Å². The zero-order chi connectivity index (χ0) is 20.5. The van der Waals surface area contributed by atoms with Crippen molar-refractivity contribution >= 4 is 28.4 Å². The van der Waals surface area contributed by atoms with Crippen molar-refractivity contribution < 1.29 is 9.59 Å². The van der Waals surface area contributed by atoms with Gasteiger partial charge in [-0.2, -0.15) is 5.10 Å². The number of carbonyl (C=O) groups is 2. The molecule has 3 rings (SSSR count). The number of rotatable bonds is 3. The molecule has 3 aromatic rings. The average Bonchev–Trinajstić information content (AvgIpc) is 3.10. The van der Waals surface area contributed by atoms with Crippen LogP contribution in [-0.4, -0.2) is 22.0 Å². The van der Waals surface area contributed by atoms with Crippen LogP contribution in [0.15, 0.2) is 42.6 Å². The number of fused-ring (bicyclic) bond motifs is 1. The van der Waals surface area contributed by atoms with Crippen molar-refractivity contribution in [3.8, 4) is 0 Å². The third-order valence-electron chi connectivity index (χ3n) is 4.85. The number of benzene rings is 2. The summed E-state index contributed by atoms with van der Waals surface area (Å²) in [4.78, 5) is 24.6. The quantitative estimate of drug-likeness (QED) is 0.602. The lowest BCUT2D eigenvalue weighted by Gasteiger charge is -2.20. The maximum atomic E-state index is 12.3. The van der Waals surface area contributed by atoms with E-state index in [-0.39, 0.29) is 11.5 Å². The predicted molar refractivity (Wildman–Crippen MR) is 111 cm³/mol. The number of aromatic amines is 1. The van der Waals surface area contributed by atoms with E-state index in [2.05, 4.69) is 53.7 Å². The summed E-state index contributed by atoms with van der Waals surface area (Å²) in [7, 11) is 0. The molecule has 1 aromatic heterocycles. The number of nitrogens with zero attached hydrogens (tertiary/aromatic N) is 1. The van der Waals surface area contributed by atoms with E-state index < -0.39 is 11.8 Å². The molecule has 0 aliphatic carbocycles. The standard InChI is InChI=1S/C22H26N4O2/c1-13-10-17(11-19-18(13)12-23-26-19)25-21(28)20(27)24-14(2)15-6-8-16(9-7-15)22(3,4)5/h6-12,14H,1-5H3,(H,23,26)(H,24,27)(H,25,28)/t14-/m0/s1. The van der Waals surface area contributed by atoms with Crippen molar-refractivity contribution in [1.29, 1.82) is 0 Å². The Labute approximate surface area is 164 Å². The lowest BCUT2D eigenvalue weighted by atomic mass is 9.86. The van der Waals surface area contributed by atoms with E-state index in [0.717, 1.165) is 22.0 Å². The molecular formula is C22H26N4O2. The van der Waals surface area contributed by atoms with Crippen LogP contribution in [0.25, 0.3) is 10.9 Å². The van der Waals surface area contributed by atoms with Gasteiger partial charge in [-0.25, -0.2) is 0 Å². The smallest absolute Gasteiger partial charge is 0.313 e. The molecule has 0 spiro atoms. The van der Waals surface area contributed by atoms with Crippen molar-refractivity contribution in [2.75, 3.05) is 5.32 Å². The highest BCUT2D eigenvalue weighted by Gasteiger charge is 2.19. The van der Waals surface area contributed by atoms with Crippen LogP contribution in [-0.2, 0) is 15.0 Å². The molecule has 28 heavy (non-hydrogen) atoms. The molecule has 6 nitrogen and oxygen atoms in total. The van der Waals surface area contributed by atoms with E-state index in [9.17, 15) is 9.59 Å². The molecule has 0 saturated heterocycles. The highest BCUT2D eigenvalue weighted by Crippen LogP contribution is 2.24. The van der Waals surface area contributed by atoms with Crippen LogP contribution in [0.1, 0.15) is 50.4 Å². The van der Waals surface area contributed by atoms with Gasteiger partial charge in [-0.05, 0) is 48.1 Å². The summed E-state index contributed by atoms with van der Waals surface area (Å²) >= 11 is 0. The number of aromatic nitrogens is 2. The second-order valence-electron chi connectivity index (χ2n) is 8.15. The normalized spacial score (nSPS) is 12.6. The Morgan fingerprint density at radius 3 is 2.39 bits per heavy atom. The lowest BCUT2D eigenvalue weighted by molar-refractivity contribution is -0.136. The van der Waals surface area contributed by atoms with Crippen molar-refractivity contribution in [3.05, 3.63) is 59.3 Å². The Kier molecular flexibility index (Phi) is 5.23. The first-order valence-corrected chi connectivity index (χ1v) is 9.31. The molecule has 0 radical (unpaired) electrons. The van der Waals surface area contributed by atoms with Gasteiger partial charge in [0.1, 0.15) is 0 Å². The van der Waals surface area contributed by atoms with Crippen molar-refractivity contribution in [1.82, 2.24) is 15.5 Å². The molecule has 3 N–H and O–H groups in total. The average molecular weight is 378 g/mol. The van der Waals surface area contributed by atoms with Crippen LogP contribution in [0.5, 0.6) is 0 Å². The molecule has 0 saturated carbocycles. The summed E-state index contributed by atoms with van der Waals surface area (Å²) in [5.74, 6) is -1.37. The molecule has 1 heterocycles. The molecule has 0 bridgehead atoms. The Balaban J connectivity index is 1.65.